The van der Waals surface area contributed by atoms with Gasteiger partial charge in [-0.3, -0.25) is 14.2 Å². The van der Waals surface area contributed by atoms with Crippen LogP contribution in [-0.2, 0) is 11.3 Å². The molecule has 0 saturated heterocycles. The van der Waals surface area contributed by atoms with Crippen LogP contribution in [0.5, 0.6) is 0 Å². The van der Waals surface area contributed by atoms with E-state index in [1.807, 2.05) is 12.3 Å². The molecule has 1 aromatic carbocycles. The zero-order valence-electron chi connectivity index (χ0n) is 16.3. The monoisotopic (exact) mass is 493 g/mol. The van der Waals surface area contributed by atoms with Crippen LogP contribution in [0.3, 0.4) is 0 Å². The highest BCUT2D eigenvalue weighted by molar-refractivity contribution is 8.00. The predicted octanol–water partition coefficient (Wildman–Crippen LogP) is 5.53. The largest absolute Gasteiger partial charge is 0.467 e. The first-order valence-corrected chi connectivity index (χ1v) is 11.9. The number of furan rings is 1. The molecule has 0 aliphatic carbocycles. The van der Waals surface area contributed by atoms with E-state index in [-0.39, 0.29) is 23.0 Å². The van der Waals surface area contributed by atoms with Gasteiger partial charge in [-0.1, -0.05) is 48.0 Å². The van der Waals surface area contributed by atoms with Crippen molar-refractivity contribution in [1.29, 1.82) is 0 Å². The molecule has 0 aliphatic heterocycles. The number of hydrogen-bond donors (Lipinski definition) is 1. The number of halogens is 2. The number of fused-ring (bicyclic) bond motifs is 1. The molecule has 4 rings (SSSR count). The lowest BCUT2D eigenvalue weighted by molar-refractivity contribution is -0.120. The van der Waals surface area contributed by atoms with Gasteiger partial charge < -0.3 is 9.73 Å². The minimum Gasteiger partial charge on any atom is -0.467 e. The van der Waals surface area contributed by atoms with Crippen LogP contribution in [-0.4, -0.2) is 20.7 Å². The summed E-state index contributed by atoms with van der Waals surface area (Å²) in [6.07, 6.45) is 2.09. The van der Waals surface area contributed by atoms with E-state index in [1.165, 1.54) is 27.7 Å². The van der Waals surface area contributed by atoms with E-state index in [0.29, 0.717) is 38.3 Å². The summed E-state index contributed by atoms with van der Waals surface area (Å²) < 4.78 is 7.21. The first-order chi connectivity index (χ1) is 15.0. The van der Waals surface area contributed by atoms with Gasteiger partial charge in [-0.05, 0) is 42.1 Å². The standard InChI is InChI=1S/C21H17Cl2N3O3S2/c1-2-16(19(27)24-11-12-5-4-9-29-12)31-21-25-14-8-10-30-18(14)20(28)26(21)15-7-3-6-13(22)17(15)23/h3-10,16H,2,11H2,1H3,(H,24,27)/t16-/m1/s1. The molecular formula is C21H17Cl2N3O3S2. The van der Waals surface area contributed by atoms with E-state index < -0.39 is 5.25 Å². The van der Waals surface area contributed by atoms with Gasteiger partial charge in [0.2, 0.25) is 5.91 Å². The summed E-state index contributed by atoms with van der Waals surface area (Å²) in [5.41, 5.74) is 0.755. The van der Waals surface area contributed by atoms with Crippen LogP contribution in [0, 0.1) is 0 Å². The number of amides is 1. The van der Waals surface area contributed by atoms with Gasteiger partial charge in [0.05, 0.1) is 39.3 Å². The molecule has 0 fully saturated rings. The molecule has 4 aromatic rings. The van der Waals surface area contributed by atoms with Gasteiger partial charge in [-0.2, -0.15) is 0 Å². The quantitative estimate of drug-likeness (QED) is 0.270. The Morgan fingerprint density at radius 1 is 1.29 bits per heavy atom. The third-order valence-corrected chi connectivity index (χ3v) is 7.57. The molecule has 6 nitrogen and oxygen atoms in total. The minimum absolute atomic E-state index is 0.174. The fraction of sp³-hybridized carbons (Fsp3) is 0.190. The van der Waals surface area contributed by atoms with Crippen molar-refractivity contribution >= 4 is 62.4 Å². The third kappa shape index (κ3) is 4.52. The molecule has 1 atom stereocenters. The Balaban J connectivity index is 1.72. The molecule has 0 radical (unpaired) electrons. The van der Waals surface area contributed by atoms with E-state index in [2.05, 4.69) is 10.3 Å². The van der Waals surface area contributed by atoms with E-state index >= 15 is 0 Å². The summed E-state index contributed by atoms with van der Waals surface area (Å²) in [5.74, 6) is 0.487. The maximum absolute atomic E-state index is 13.3. The molecule has 0 bridgehead atoms. The molecule has 0 unspecified atom stereocenters. The van der Waals surface area contributed by atoms with Crippen molar-refractivity contribution in [2.24, 2.45) is 0 Å². The van der Waals surface area contributed by atoms with Gasteiger partial charge in [-0.25, -0.2) is 4.98 Å². The van der Waals surface area contributed by atoms with E-state index in [1.54, 1.807) is 42.7 Å². The number of thiophene rings is 1. The number of nitrogens with one attached hydrogen (secondary N) is 1. The second-order valence-electron chi connectivity index (χ2n) is 6.55. The molecule has 160 valence electrons. The third-order valence-electron chi connectivity index (χ3n) is 4.55. The fourth-order valence-electron chi connectivity index (χ4n) is 3.00. The van der Waals surface area contributed by atoms with Crippen LogP contribution >= 0.6 is 46.3 Å². The maximum Gasteiger partial charge on any atom is 0.276 e. The Morgan fingerprint density at radius 2 is 2.13 bits per heavy atom. The summed E-state index contributed by atoms with van der Waals surface area (Å²) in [6.45, 7) is 2.19. The van der Waals surface area contributed by atoms with Crippen molar-refractivity contribution in [2.75, 3.05) is 0 Å². The lowest BCUT2D eigenvalue weighted by atomic mass is 10.3. The SMILES string of the molecule is CC[C@@H](Sc1nc2ccsc2c(=O)n1-c1cccc(Cl)c1Cl)C(=O)NCc1ccco1. The van der Waals surface area contributed by atoms with Crippen LogP contribution in [0.4, 0.5) is 0 Å². The van der Waals surface area contributed by atoms with Crippen LogP contribution in [0.1, 0.15) is 19.1 Å². The van der Waals surface area contributed by atoms with Crippen molar-refractivity contribution in [3.8, 4) is 5.69 Å². The van der Waals surface area contributed by atoms with Crippen LogP contribution in [0.25, 0.3) is 15.9 Å². The highest BCUT2D eigenvalue weighted by Gasteiger charge is 2.24. The molecule has 1 amide bonds. The Bertz CT molecular complexity index is 1290. The van der Waals surface area contributed by atoms with Gasteiger partial charge in [0.25, 0.3) is 5.56 Å². The normalized spacial score (nSPS) is 12.2. The second kappa shape index (κ2) is 9.48. The lowest BCUT2D eigenvalue weighted by Crippen LogP contribution is -2.32. The number of thioether (sulfide) groups is 1. The lowest BCUT2D eigenvalue weighted by Gasteiger charge is -2.18. The summed E-state index contributed by atoms with van der Waals surface area (Å²) in [4.78, 5) is 30.8. The first-order valence-electron chi connectivity index (χ1n) is 9.41. The van der Waals surface area contributed by atoms with E-state index in [9.17, 15) is 9.59 Å². The Hall–Kier alpha value is -2.26. The first kappa shape index (κ1) is 22.0. The minimum atomic E-state index is -0.470. The molecular weight excluding hydrogens is 477 g/mol. The zero-order chi connectivity index (χ0) is 22.0. The Morgan fingerprint density at radius 3 is 2.87 bits per heavy atom. The number of benzene rings is 1. The molecule has 3 heterocycles. The summed E-state index contributed by atoms with van der Waals surface area (Å²) in [6, 6.07) is 10.4. The molecule has 3 aromatic heterocycles. The molecule has 10 heteroatoms. The van der Waals surface area contributed by atoms with Crippen molar-refractivity contribution in [1.82, 2.24) is 14.9 Å². The maximum atomic E-state index is 13.3. The van der Waals surface area contributed by atoms with Gasteiger partial charge in [-0.15, -0.1) is 11.3 Å². The van der Waals surface area contributed by atoms with Crippen LogP contribution in [0.15, 0.2) is 62.4 Å². The predicted molar refractivity (Wildman–Crippen MR) is 126 cm³/mol. The topological polar surface area (TPSA) is 77.1 Å². The van der Waals surface area contributed by atoms with Gasteiger partial charge in [0.15, 0.2) is 5.16 Å². The number of rotatable bonds is 7. The van der Waals surface area contributed by atoms with Crippen molar-refractivity contribution in [3.05, 3.63) is 74.2 Å². The van der Waals surface area contributed by atoms with Gasteiger partial charge in [0, 0.05) is 0 Å². The van der Waals surface area contributed by atoms with Gasteiger partial charge >= 0.3 is 0 Å². The summed E-state index contributed by atoms with van der Waals surface area (Å²) >= 11 is 15.1. The average molecular weight is 494 g/mol. The zero-order valence-corrected chi connectivity index (χ0v) is 19.4. The molecule has 0 saturated carbocycles. The second-order valence-corrected chi connectivity index (χ2v) is 9.43. The van der Waals surface area contributed by atoms with Crippen LogP contribution in [0.2, 0.25) is 10.0 Å². The summed E-state index contributed by atoms with van der Waals surface area (Å²) in [7, 11) is 0. The highest BCUT2D eigenvalue weighted by Crippen LogP contribution is 2.33. The smallest absolute Gasteiger partial charge is 0.276 e. The average Bonchev–Trinajstić information content (AvgIpc) is 3.45. The van der Waals surface area contributed by atoms with Crippen LogP contribution < -0.4 is 10.9 Å². The number of aromatic nitrogens is 2. The van der Waals surface area contributed by atoms with E-state index in [4.69, 9.17) is 27.6 Å². The number of hydrogen-bond acceptors (Lipinski definition) is 6. The molecule has 0 spiro atoms. The van der Waals surface area contributed by atoms with Crippen molar-refractivity contribution in [2.45, 2.75) is 30.3 Å². The number of nitrogens with zero attached hydrogens (tertiary/aromatic N) is 2. The highest BCUT2D eigenvalue weighted by atomic mass is 35.5. The molecule has 1 N–H and O–H groups in total. The number of carbonyl (C=O) groups excluding carboxylic acids is 1. The molecule has 31 heavy (non-hydrogen) atoms. The van der Waals surface area contributed by atoms with Crippen molar-refractivity contribution in [3.63, 3.8) is 0 Å². The van der Waals surface area contributed by atoms with Gasteiger partial charge in [0.1, 0.15) is 10.5 Å². The molecule has 0 aliphatic rings. The fourth-order valence-corrected chi connectivity index (χ4v) is 5.19. The summed E-state index contributed by atoms with van der Waals surface area (Å²) in [5, 5.41) is 5.17. The Labute approximate surface area is 196 Å². The Kier molecular flexibility index (Phi) is 6.71. The van der Waals surface area contributed by atoms with E-state index in [0.717, 1.165) is 0 Å². The van der Waals surface area contributed by atoms with Crippen molar-refractivity contribution < 1.29 is 9.21 Å². The number of carbonyl (C=O) groups is 1.